The van der Waals surface area contributed by atoms with Gasteiger partial charge < -0.3 is 10.2 Å². The third-order valence-electron chi connectivity index (χ3n) is 3.48. The molecule has 1 aromatic carbocycles. The molecule has 0 aliphatic carbocycles. The van der Waals surface area contributed by atoms with E-state index < -0.39 is 18.1 Å². The van der Waals surface area contributed by atoms with Crippen molar-refractivity contribution in [3.63, 3.8) is 0 Å². The maximum Gasteiger partial charge on any atom is 0.471 e. The van der Waals surface area contributed by atoms with Crippen molar-refractivity contribution in [3.05, 3.63) is 35.9 Å². The lowest BCUT2D eigenvalue weighted by Crippen LogP contribution is -2.60. The molecule has 0 bridgehead atoms. The molecule has 110 valence electrons. The van der Waals surface area contributed by atoms with Crippen LogP contribution >= 0.6 is 0 Å². The second-order valence-corrected chi connectivity index (χ2v) is 5.10. The Kier molecular flexibility index (Phi) is 4.32. The highest BCUT2D eigenvalue weighted by Gasteiger charge is 2.45. The van der Waals surface area contributed by atoms with Gasteiger partial charge in [0.1, 0.15) is 0 Å². The minimum absolute atomic E-state index is 0.0778. The van der Waals surface area contributed by atoms with Crippen LogP contribution in [0.25, 0.3) is 0 Å². The van der Waals surface area contributed by atoms with Gasteiger partial charge in [0.2, 0.25) is 0 Å². The van der Waals surface area contributed by atoms with Gasteiger partial charge in [0, 0.05) is 25.2 Å². The first kappa shape index (κ1) is 14.8. The number of carbonyl (C=O) groups excluding carboxylic acids is 1. The van der Waals surface area contributed by atoms with Crippen molar-refractivity contribution >= 4 is 5.91 Å². The molecule has 1 aliphatic rings. The van der Waals surface area contributed by atoms with Crippen LogP contribution in [-0.4, -0.2) is 42.2 Å². The summed E-state index contributed by atoms with van der Waals surface area (Å²) in [5.41, 5.74) is 1.04. The van der Waals surface area contributed by atoms with Crippen molar-refractivity contribution in [1.29, 1.82) is 0 Å². The lowest BCUT2D eigenvalue weighted by atomic mass is 10.0. The number of alkyl halides is 3. The molecular formula is C14H17F3N2O. The maximum absolute atomic E-state index is 12.5. The minimum atomic E-state index is -4.80. The normalized spacial score (nSPS) is 23.7. The summed E-state index contributed by atoms with van der Waals surface area (Å²) in [6.07, 6.45) is -4.20. The summed E-state index contributed by atoms with van der Waals surface area (Å²) in [7, 11) is 0. The first-order valence-corrected chi connectivity index (χ1v) is 6.53. The second kappa shape index (κ2) is 5.83. The van der Waals surface area contributed by atoms with Crippen molar-refractivity contribution < 1.29 is 18.0 Å². The average Bonchev–Trinajstić information content (AvgIpc) is 2.40. The quantitative estimate of drug-likeness (QED) is 0.901. The molecule has 3 nitrogen and oxygen atoms in total. The second-order valence-electron chi connectivity index (χ2n) is 5.10. The Morgan fingerprint density at radius 3 is 2.60 bits per heavy atom. The number of hydrogen-bond acceptors (Lipinski definition) is 2. The number of nitrogens with one attached hydrogen (secondary N) is 1. The van der Waals surface area contributed by atoms with E-state index >= 15 is 0 Å². The highest BCUT2D eigenvalue weighted by Crippen LogP contribution is 2.22. The Morgan fingerprint density at radius 1 is 1.35 bits per heavy atom. The van der Waals surface area contributed by atoms with Crippen molar-refractivity contribution in [2.24, 2.45) is 0 Å². The van der Waals surface area contributed by atoms with E-state index in [1.807, 2.05) is 30.3 Å². The molecular weight excluding hydrogens is 269 g/mol. The first-order valence-electron chi connectivity index (χ1n) is 6.53. The summed E-state index contributed by atoms with van der Waals surface area (Å²) in [4.78, 5) is 12.3. The molecule has 1 saturated heterocycles. The van der Waals surface area contributed by atoms with Gasteiger partial charge in [-0.15, -0.1) is 0 Å². The fourth-order valence-corrected chi connectivity index (χ4v) is 2.41. The molecule has 2 rings (SSSR count). The molecule has 1 N–H and O–H groups in total. The van der Waals surface area contributed by atoms with E-state index in [1.54, 1.807) is 6.92 Å². The molecule has 6 heteroatoms. The third kappa shape index (κ3) is 3.50. The van der Waals surface area contributed by atoms with Crippen molar-refractivity contribution in [3.8, 4) is 0 Å². The Labute approximate surface area is 115 Å². The van der Waals surface area contributed by atoms with Gasteiger partial charge in [-0.25, -0.2) is 0 Å². The molecule has 1 aliphatic heterocycles. The topological polar surface area (TPSA) is 32.3 Å². The number of benzene rings is 1. The largest absolute Gasteiger partial charge is 0.471 e. The number of amides is 1. The molecule has 0 spiro atoms. The Hall–Kier alpha value is -1.56. The van der Waals surface area contributed by atoms with Gasteiger partial charge in [0.25, 0.3) is 0 Å². The molecule has 0 saturated carbocycles. The SMILES string of the molecule is CC1CNC(Cc2ccccc2)CN1C(=O)C(F)(F)F. The van der Waals surface area contributed by atoms with Gasteiger partial charge in [-0.1, -0.05) is 30.3 Å². The lowest BCUT2D eigenvalue weighted by Gasteiger charge is -2.39. The Morgan fingerprint density at radius 2 is 2.00 bits per heavy atom. The van der Waals surface area contributed by atoms with Gasteiger partial charge in [0.15, 0.2) is 0 Å². The first-order chi connectivity index (χ1) is 9.38. The van der Waals surface area contributed by atoms with Gasteiger partial charge >= 0.3 is 12.1 Å². The van der Waals surface area contributed by atoms with Crippen LogP contribution in [-0.2, 0) is 11.2 Å². The number of carbonyl (C=O) groups is 1. The molecule has 1 fully saturated rings. The molecule has 1 amide bonds. The van der Waals surface area contributed by atoms with Crippen molar-refractivity contribution in [2.45, 2.75) is 31.6 Å². The summed E-state index contributed by atoms with van der Waals surface area (Å²) < 4.78 is 37.6. The summed E-state index contributed by atoms with van der Waals surface area (Å²) in [6, 6.07) is 8.92. The van der Waals surface area contributed by atoms with Crippen LogP contribution in [0.3, 0.4) is 0 Å². The van der Waals surface area contributed by atoms with Gasteiger partial charge in [-0.2, -0.15) is 13.2 Å². The average molecular weight is 286 g/mol. The monoisotopic (exact) mass is 286 g/mol. The molecule has 0 radical (unpaired) electrons. The van der Waals surface area contributed by atoms with E-state index in [0.29, 0.717) is 13.0 Å². The molecule has 20 heavy (non-hydrogen) atoms. The van der Waals surface area contributed by atoms with Gasteiger partial charge in [-0.3, -0.25) is 4.79 Å². The molecule has 1 heterocycles. The summed E-state index contributed by atoms with van der Waals surface area (Å²) in [5, 5.41) is 3.19. The fraction of sp³-hybridized carbons (Fsp3) is 0.500. The smallest absolute Gasteiger partial charge is 0.329 e. The van der Waals surface area contributed by atoms with Crippen molar-refractivity contribution in [1.82, 2.24) is 10.2 Å². The fourth-order valence-electron chi connectivity index (χ4n) is 2.41. The van der Waals surface area contributed by atoms with Crippen LogP contribution in [0, 0.1) is 0 Å². The van der Waals surface area contributed by atoms with E-state index in [0.717, 1.165) is 10.5 Å². The lowest BCUT2D eigenvalue weighted by molar-refractivity contribution is -0.188. The van der Waals surface area contributed by atoms with Crippen LogP contribution in [0.1, 0.15) is 12.5 Å². The standard InChI is InChI=1S/C14H17F3N2O/c1-10-8-18-12(7-11-5-3-2-4-6-11)9-19(10)13(20)14(15,16)17/h2-6,10,12,18H,7-9H2,1H3. The summed E-state index contributed by atoms with van der Waals surface area (Å²) >= 11 is 0. The highest BCUT2D eigenvalue weighted by atomic mass is 19.4. The number of halogens is 3. The van der Waals surface area contributed by atoms with Crippen LogP contribution in [0.4, 0.5) is 13.2 Å². The van der Waals surface area contributed by atoms with Gasteiger partial charge in [0.05, 0.1) is 0 Å². The highest BCUT2D eigenvalue weighted by molar-refractivity contribution is 5.82. The van der Waals surface area contributed by atoms with Crippen LogP contribution in [0.15, 0.2) is 30.3 Å². The molecule has 2 unspecified atom stereocenters. The number of piperazine rings is 1. The van der Waals surface area contributed by atoms with E-state index in [4.69, 9.17) is 0 Å². The predicted molar refractivity (Wildman–Crippen MR) is 69.2 cm³/mol. The zero-order valence-corrected chi connectivity index (χ0v) is 11.2. The number of rotatable bonds is 2. The summed E-state index contributed by atoms with van der Waals surface area (Å²) in [5.74, 6) is -1.75. The van der Waals surface area contributed by atoms with E-state index in [2.05, 4.69) is 5.32 Å². The maximum atomic E-state index is 12.5. The van der Waals surface area contributed by atoms with Crippen molar-refractivity contribution in [2.75, 3.05) is 13.1 Å². The van der Waals surface area contributed by atoms with E-state index in [1.165, 1.54) is 0 Å². The molecule has 1 aromatic rings. The number of hydrogen-bond donors (Lipinski definition) is 1. The Bertz CT molecular complexity index is 461. The van der Waals surface area contributed by atoms with Crippen LogP contribution < -0.4 is 5.32 Å². The van der Waals surface area contributed by atoms with Gasteiger partial charge in [-0.05, 0) is 18.9 Å². The van der Waals surface area contributed by atoms with Crippen LogP contribution in [0.2, 0.25) is 0 Å². The number of nitrogens with zero attached hydrogens (tertiary/aromatic N) is 1. The zero-order chi connectivity index (χ0) is 14.8. The third-order valence-corrected chi connectivity index (χ3v) is 3.48. The van der Waals surface area contributed by atoms with E-state index in [9.17, 15) is 18.0 Å². The molecule has 2 atom stereocenters. The Balaban J connectivity index is 2.03. The summed E-state index contributed by atoms with van der Waals surface area (Å²) in [6.45, 7) is 2.07. The van der Waals surface area contributed by atoms with E-state index in [-0.39, 0.29) is 12.6 Å². The van der Waals surface area contributed by atoms with Crippen LogP contribution in [0.5, 0.6) is 0 Å². The predicted octanol–water partition coefficient (Wildman–Crippen LogP) is 1.98. The molecule has 0 aromatic heterocycles. The zero-order valence-electron chi connectivity index (χ0n) is 11.2. The minimum Gasteiger partial charge on any atom is -0.329 e.